The van der Waals surface area contributed by atoms with E-state index in [9.17, 15) is 8.42 Å². The van der Waals surface area contributed by atoms with Crippen LogP contribution in [0.5, 0.6) is 0 Å². The van der Waals surface area contributed by atoms with Gasteiger partial charge in [-0.3, -0.25) is 0 Å². The van der Waals surface area contributed by atoms with Crippen LogP contribution in [0, 0.1) is 0 Å². The molecule has 0 amide bonds. The molecule has 23 heavy (non-hydrogen) atoms. The van der Waals surface area contributed by atoms with Gasteiger partial charge < -0.3 is 14.4 Å². The van der Waals surface area contributed by atoms with E-state index in [2.05, 4.69) is 11.5 Å². The molecule has 0 spiro atoms. The summed E-state index contributed by atoms with van der Waals surface area (Å²) in [5, 5.41) is 0. The second-order valence-corrected chi connectivity index (χ2v) is 7.65. The van der Waals surface area contributed by atoms with Crippen molar-refractivity contribution in [1.82, 2.24) is 9.21 Å². The first-order chi connectivity index (χ1) is 10.9. The van der Waals surface area contributed by atoms with E-state index in [1.54, 1.807) is 16.5 Å². The van der Waals surface area contributed by atoms with Crippen LogP contribution in [0.3, 0.4) is 0 Å². The smallest absolute Gasteiger partial charge is 0.242 e. The van der Waals surface area contributed by atoms with Crippen molar-refractivity contribution in [3.63, 3.8) is 0 Å². The number of likely N-dealkylation sites (N-methyl/N-ethyl adjacent to an activating group) is 1. The minimum Gasteiger partial charge on any atom is -0.491 e. The van der Waals surface area contributed by atoms with Crippen molar-refractivity contribution in [1.29, 1.82) is 0 Å². The zero-order valence-electron chi connectivity index (χ0n) is 14.0. The lowest BCUT2D eigenvalue weighted by Crippen LogP contribution is -2.47. The van der Waals surface area contributed by atoms with E-state index in [1.807, 2.05) is 14.0 Å². The lowest BCUT2D eigenvalue weighted by atomic mass is 10.2. The lowest BCUT2D eigenvalue weighted by Gasteiger charge is -2.31. The standard InChI is InChI=1S/C16H26N2O4S/c1-4-5-16(12-15-13-21-10-11-22-14(15)2)23(19,20)18-8-6-17(3)7-9-18/h5,12H,2,4,6-11,13H2,1,3H3/b15-12-,16-5?. The van der Waals surface area contributed by atoms with E-state index in [1.165, 1.54) is 0 Å². The topological polar surface area (TPSA) is 59.1 Å². The van der Waals surface area contributed by atoms with Crippen molar-refractivity contribution >= 4 is 10.0 Å². The lowest BCUT2D eigenvalue weighted by molar-refractivity contribution is 0.120. The number of sulfonamides is 1. The summed E-state index contributed by atoms with van der Waals surface area (Å²) in [6.45, 7) is 9.53. The third-order valence-electron chi connectivity index (χ3n) is 3.94. The maximum Gasteiger partial charge on any atom is 0.242 e. The van der Waals surface area contributed by atoms with Gasteiger partial charge in [0, 0.05) is 31.8 Å². The summed E-state index contributed by atoms with van der Waals surface area (Å²) in [6, 6.07) is 0. The third kappa shape index (κ3) is 4.67. The van der Waals surface area contributed by atoms with Crippen molar-refractivity contribution < 1.29 is 17.9 Å². The Hall–Kier alpha value is -1.15. The number of hydrogen-bond acceptors (Lipinski definition) is 5. The average Bonchev–Trinajstić information content (AvgIpc) is 2.72. The zero-order valence-corrected chi connectivity index (χ0v) is 14.8. The maximum atomic E-state index is 12.9. The van der Waals surface area contributed by atoms with Crippen molar-refractivity contribution in [2.24, 2.45) is 0 Å². The van der Waals surface area contributed by atoms with Gasteiger partial charge in [-0.2, -0.15) is 4.31 Å². The number of allylic oxidation sites excluding steroid dienone is 2. The average molecular weight is 342 g/mol. The van der Waals surface area contributed by atoms with E-state index in [-0.39, 0.29) is 0 Å². The number of hydrogen-bond donors (Lipinski definition) is 0. The zero-order chi connectivity index (χ0) is 16.9. The van der Waals surface area contributed by atoms with E-state index in [4.69, 9.17) is 9.47 Å². The summed E-state index contributed by atoms with van der Waals surface area (Å²) < 4.78 is 38.3. The number of piperazine rings is 1. The highest BCUT2D eigenvalue weighted by Crippen LogP contribution is 2.22. The first-order valence-electron chi connectivity index (χ1n) is 7.94. The maximum absolute atomic E-state index is 12.9. The molecule has 6 nitrogen and oxygen atoms in total. The minimum absolute atomic E-state index is 0.301. The van der Waals surface area contributed by atoms with Crippen molar-refractivity contribution in [3.05, 3.63) is 35.0 Å². The van der Waals surface area contributed by atoms with Crippen molar-refractivity contribution in [3.8, 4) is 0 Å². The molecule has 0 aromatic carbocycles. The van der Waals surface area contributed by atoms with Crippen LogP contribution in [0.1, 0.15) is 13.3 Å². The summed E-state index contributed by atoms with van der Waals surface area (Å²) in [6.07, 6.45) is 4.02. The fraction of sp³-hybridized carbons (Fsp3) is 0.625. The summed E-state index contributed by atoms with van der Waals surface area (Å²) in [5.74, 6) is 0.484. The molecular formula is C16H26N2O4S. The van der Waals surface area contributed by atoms with Crippen LogP contribution in [0.4, 0.5) is 0 Å². The molecule has 130 valence electrons. The van der Waals surface area contributed by atoms with Gasteiger partial charge in [0.05, 0.1) is 18.1 Å². The van der Waals surface area contributed by atoms with Gasteiger partial charge in [-0.1, -0.05) is 19.6 Å². The van der Waals surface area contributed by atoms with E-state index < -0.39 is 10.0 Å². The molecule has 2 aliphatic heterocycles. The Balaban J connectivity index is 2.26. The summed E-state index contributed by atoms with van der Waals surface area (Å²) in [7, 11) is -1.51. The van der Waals surface area contributed by atoms with Crippen LogP contribution in [0.2, 0.25) is 0 Å². The molecule has 2 rings (SSSR count). The van der Waals surface area contributed by atoms with E-state index in [0.29, 0.717) is 55.6 Å². The summed E-state index contributed by atoms with van der Waals surface area (Å²) in [4.78, 5) is 2.43. The molecule has 2 aliphatic rings. The number of ether oxygens (including phenoxy) is 2. The monoisotopic (exact) mass is 342 g/mol. The van der Waals surface area contributed by atoms with Gasteiger partial charge in [-0.25, -0.2) is 8.42 Å². The third-order valence-corrected chi connectivity index (χ3v) is 5.87. The Kier molecular flexibility index (Phi) is 6.41. The largest absolute Gasteiger partial charge is 0.491 e. The molecule has 2 saturated heterocycles. The summed E-state index contributed by atoms with van der Waals surface area (Å²) in [5.41, 5.74) is 0.680. The molecule has 2 fully saturated rings. The van der Waals surface area contributed by atoms with Crippen LogP contribution in [-0.2, 0) is 19.5 Å². The van der Waals surface area contributed by atoms with E-state index in [0.717, 1.165) is 13.1 Å². The van der Waals surface area contributed by atoms with E-state index >= 15 is 0 Å². The molecule has 0 saturated carbocycles. The first-order valence-corrected chi connectivity index (χ1v) is 9.38. The Morgan fingerprint density at radius 3 is 2.61 bits per heavy atom. The molecular weight excluding hydrogens is 316 g/mol. The van der Waals surface area contributed by atoms with Crippen molar-refractivity contribution in [2.45, 2.75) is 13.3 Å². The highest BCUT2D eigenvalue weighted by molar-refractivity contribution is 7.93. The van der Waals surface area contributed by atoms with Gasteiger partial charge in [-0.15, -0.1) is 0 Å². The molecule has 0 bridgehead atoms. The van der Waals surface area contributed by atoms with Gasteiger partial charge in [0.1, 0.15) is 12.4 Å². The van der Waals surface area contributed by atoms with Crippen LogP contribution in [-0.4, -0.2) is 70.7 Å². The second-order valence-electron chi connectivity index (χ2n) is 5.72. The first kappa shape index (κ1) is 18.2. The molecule has 7 heteroatoms. The molecule has 0 aromatic rings. The predicted octanol–water partition coefficient (Wildman–Crippen LogP) is 1.34. The Morgan fingerprint density at radius 1 is 1.26 bits per heavy atom. The van der Waals surface area contributed by atoms with Gasteiger partial charge in [0.2, 0.25) is 10.0 Å². The minimum atomic E-state index is -3.51. The molecule has 0 radical (unpaired) electrons. The van der Waals surface area contributed by atoms with Crippen LogP contribution >= 0.6 is 0 Å². The normalized spacial score (nSPS) is 24.5. The molecule has 0 atom stereocenters. The van der Waals surface area contributed by atoms with Crippen LogP contribution in [0.25, 0.3) is 0 Å². The quantitative estimate of drug-likeness (QED) is 0.772. The fourth-order valence-corrected chi connectivity index (χ4v) is 4.10. The van der Waals surface area contributed by atoms with Gasteiger partial charge in [0.15, 0.2) is 0 Å². The highest BCUT2D eigenvalue weighted by Gasteiger charge is 2.28. The fourth-order valence-electron chi connectivity index (χ4n) is 2.49. The number of rotatable bonds is 4. The molecule has 0 N–H and O–H groups in total. The van der Waals surface area contributed by atoms with Crippen LogP contribution in [0.15, 0.2) is 35.0 Å². The predicted molar refractivity (Wildman–Crippen MR) is 90.4 cm³/mol. The van der Waals surface area contributed by atoms with Crippen molar-refractivity contribution in [2.75, 3.05) is 53.0 Å². The Bertz CT molecular complexity index is 587. The highest BCUT2D eigenvalue weighted by atomic mass is 32.2. The number of nitrogens with zero attached hydrogens (tertiary/aromatic N) is 2. The van der Waals surface area contributed by atoms with Gasteiger partial charge in [0.25, 0.3) is 0 Å². The molecule has 0 unspecified atom stereocenters. The Morgan fingerprint density at radius 2 is 1.96 bits per heavy atom. The Labute approximate surface area is 139 Å². The van der Waals surface area contributed by atoms with Gasteiger partial charge >= 0.3 is 0 Å². The molecule has 0 aliphatic carbocycles. The molecule has 0 aromatic heterocycles. The van der Waals surface area contributed by atoms with Gasteiger partial charge in [-0.05, 0) is 19.5 Å². The SMILES string of the molecule is C=C1OCCOC/C1=C/C(=CCC)S(=O)(=O)N1CCN(C)CC1. The molecule has 2 heterocycles. The summed E-state index contributed by atoms with van der Waals surface area (Å²) >= 11 is 0. The second kappa shape index (κ2) is 8.10. The van der Waals surface area contributed by atoms with Crippen LogP contribution < -0.4 is 0 Å².